The van der Waals surface area contributed by atoms with Crippen molar-refractivity contribution in [1.29, 1.82) is 0 Å². The molecule has 0 aromatic heterocycles. The van der Waals surface area contributed by atoms with Gasteiger partial charge in [0, 0.05) is 23.7 Å². The molecule has 0 saturated heterocycles. The molecule has 0 spiro atoms. The maximum absolute atomic E-state index is 12.6. The third-order valence-corrected chi connectivity index (χ3v) is 3.38. The first-order valence-electron chi connectivity index (χ1n) is 6.81. The Morgan fingerprint density at radius 3 is 2.52 bits per heavy atom. The Labute approximate surface area is 129 Å². The summed E-state index contributed by atoms with van der Waals surface area (Å²) >= 11 is 6.02. The van der Waals surface area contributed by atoms with Crippen molar-refractivity contribution >= 4 is 17.5 Å². The van der Waals surface area contributed by atoms with E-state index in [0.717, 1.165) is 11.1 Å². The summed E-state index contributed by atoms with van der Waals surface area (Å²) in [6.45, 7) is 2.58. The lowest BCUT2D eigenvalue weighted by Gasteiger charge is -2.22. The molecule has 1 N–H and O–H groups in total. The van der Waals surface area contributed by atoms with Crippen LogP contribution in [0.2, 0.25) is 5.02 Å². The van der Waals surface area contributed by atoms with Crippen LogP contribution >= 0.6 is 11.6 Å². The smallest absolute Gasteiger partial charge is 0.254 e. The van der Waals surface area contributed by atoms with Crippen LogP contribution in [0.3, 0.4) is 0 Å². The van der Waals surface area contributed by atoms with Crippen molar-refractivity contribution in [3.63, 3.8) is 0 Å². The second kappa shape index (κ2) is 7.25. The van der Waals surface area contributed by atoms with Crippen LogP contribution in [0.1, 0.15) is 21.5 Å². The second-order valence-corrected chi connectivity index (χ2v) is 5.39. The quantitative estimate of drug-likeness (QED) is 0.921. The molecule has 0 fully saturated rings. The average molecular weight is 304 g/mol. The summed E-state index contributed by atoms with van der Waals surface area (Å²) in [6.07, 6.45) is 0. The molecule has 0 unspecified atom stereocenters. The molecule has 0 aliphatic rings. The molecule has 0 radical (unpaired) electrons. The van der Waals surface area contributed by atoms with Gasteiger partial charge in [0.25, 0.3) is 5.91 Å². The summed E-state index contributed by atoms with van der Waals surface area (Å²) in [5.41, 5.74) is 2.51. The van der Waals surface area contributed by atoms with E-state index in [0.29, 0.717) is 23.7 Å². The van der Waals surface area contributed by atoms with E-state index in [1.165, 1.54) is 0 Å². The zero-order valence-corrected chi connectivity index (χ0v) is 12.7. The standard InChI is InChI=1S/C17H18ClNO2/c1-13-9-15(11-16(18)10-13)17(21)19(7-8-20)12-14-5-3-2-4-6-14/h2-6,9-11,20H,7-8,12H2,1H3. The lowest BCUT2D eigenvalue weighted by Crippen LogP contribution is -2.33. The van der Waals surface area contributed by atoms with Gasteiger partial charge < -0.3 is 10.0 Å². The minimum Gasteiger partial charge on any atom is -0.395 e. The van der Waals surface area contributed by atoms with E-state index in [1.807, 2.05) is 49.4 Å². The number of carbonyl (C=O) groups excluding carboxylic acids is 1. The molecule has 0 bridgehead atoms. The number of rotatable bonds is 5. The molecule has 21 heavy (non-hydrogen) atoms. The predicted molar refractivity (Wildman–Crippen MR) is 84.5 cm³/mol. The third kappa shape index (κ3) is 4.31. The Bertz CT molecular complexity index is 593. The van der Waals surface area contributed by atoms with Gasteiger partial charge in [-0.3, -0.25) is 4.79 Å². The molecule has 1 amide bonds. The van der Waals surface area contributed by atoms with E-state index < -0.39 is 0 Å². The Kier molecular flexibility index (Phi) is 5.37. The van der Waals surface area contributed by atoms with Gasteiger partial charge in [-0.2, -0.15) is 0 Å². The molecule has 2 rings (SSSR count). The van der Waals surface area contributed by atoms with Gasteiger partial charge in [0.15, 0.2) is 0 Å². The molecule has 4 heteroatoms. The number of hydrogen-bond donors (Lipinski definition) is 1. The van der Waals surface area contributed by atoms with Crippen LogP contribution in [0.4, 0.5) is 0 Å². The van der Waals surface area contributed by atoms with E-state index in [1.54, 1.807) is 11.0 Å². The monoisotopic (exact) mass is 303 g/mol. The molecule has 2 aromatic carbocycles. The highest BCUT2D eigenvalue weighted by molar-refractivity contribution is 6.31. The third-order valence-electron chi connectivity index (χ3n) is 3.16. The summed E-state index contributed by atoms with van der Waals surface area (Å²) in [4.78, 5) is 14.2. The summed E-state index contributed by atoms with van der Waals surface area (Å²) in [7, 11) is 0. The number of benzene rings is 2. The van der Waals surface area contributed by atoms with Crippen LogP contribution < -0.4 is 0 Å². The van der Waals surface area contributed by atoms with Gasteiger partial charge in [-0.25, -0.2) is 0 Å². The van der Waals surface area contributed by atoms with Crippen LogP contribution in [0.15, 0.2) is 48.5 Å². The zero-order valence-electron chi connectivity index (χ0n) is 11.9. The Morgan fingerprint density at radius 1 is 1.19 bits per heavy atom. The molecule has 0 saturated carbocycles. The van der Waals surface area contributed by atoms with Crippen LogP contribution in [-0.4, -0.2) is 29.1 Å². The average Bonchev–Trinajstić information content (AvgIpc) is 2.46. The first-order chi connectivity index (χ1) is 10.1. The van der Waals surface area contributed by atoms with E-state index >= 15 is 0 Å². The summed E-state index contributed by atoms with van der Waals surface area (Å²) < 4.78 is 0. The largest absolute Gasteiger partial charge is 0.395 e. The van der Waals surface area contributed by atoms with E-state index in [-0.39, 0.29) is 12.5 Å². The van der Waals surface area contributed by atoms with Gasteiger partial charge in [-0.1, -0.05) is 41.9 Å². The lowest BCUT2D eigenvalue weighted by molar-refractivity contribution is 0.0708. The van der Waals surface area contributed by atoms with Crippen LogP contribution in [0.25, 0.3) is 0 Å². The van der Waals surface area contributed by atoms with Gasteiger partial charge in [0.05, 0.1) is 6.61 Å². The van der Waals surface area contributed by atoms with Gasteiger partial charge in [-0.05, 0) is 36.2 Å². The number of carbonyl (C=O) groups is 1. The number of aliphatic hydroxyl groups is 1. The SMILES string of the molecule is Cc1cc(Cl)cc(C(=O)N(CCO)Cc2ccccc2)c1. The van der Waals surface area contributed by atoms with Gasteiger partial charge in [0.2, 0.25) is 0 Å². The van der Waals surface area contributed by atoms with Crippen molar-refractivity contribution in [3.05, 3.63) is 70.2 Å². The Hall–Kier alpha value is -1.84. The normalized spacial score (nSPS) is 10.4. The fourth-order valence-electron chi connectivity index (χ4n) is 2.22. The molecule has 110 valence electrons. The summed E-state index contributed by atoms with van der Waals surface area (Å²) in [5, 5.41) is 9.74. The molecule has 3 nitrogen and oxygen atoms in total. The van der Waals surface area contributed by atoms with E-state index in [2.05, 4.69) is 0 Å². The number of aryl methyl sites for hydroxylation is 1. The van der Waals surface area contributed by atoms with Gasteiger partial charge >= 0.3 is 0 Å². The minimum absolute atomic E-state index is 0.0713. The Balaban J connectivity index is 2.22. The van der Waals surface area contributed by atoms with Crippen molar-refractivity contribution in [2.75, 3.05) is 13.2 Å². The van der Waals surface area contributed by atoms with Crippen molar-refractivity contribution < 1.29 is 9.90 Å². The summed E-state index contributed by atoms with van der Waals surface area (Å²) in [6, 6.07) is 15.0. The van der Waals surface area contributed by atoms with Crippen molar-refractivity contribution in [2.24, 2.45) is 0 Å². The van der Waals surface area contributed by atoms with Gasteiger partial charge in [0.1, 0.15) is 0 Å². The van der Waals surface area contributed by atoms with Crippen LogP contribution in [-0.2, 0) is 6.54 Å². The lowest BCUT2D eigenvalue weighted by atomic mass is 10.1. The molecular weight excluding hydrogens is 286 g/mol. The fourth-order valence-corrected chi connectivity index (χ4v) is 2.51. The molecule has 0 heterocycles. The number of amides is 1. The second-order valence-electron chi connectivity index (χ2n) is 4.95. The van der Waals surface area contributed by atoms with Crippen LogP contribution in [0.5, 0.6) is 0 Å². The highest BCUT2D eigenvalue weighted by atomic mass is 35.5. The molecule has 0 aliphatic heterocycles. The van der Waals surface area contributed by atoms with Gasteiger partial charge in [-0.15, -0.1) is 0 Å². The molecule has 0 aliphatic carbocycles. The fraction of sp³-hybridized carbons (Fsp3) is 0.235. The highest BCUT2D eigenvalue weighted by Gasteiger charge is 2.16. The van der Waals surface area contributed by atoms with Crippen molar-refractivity contribution in [2.45, 2.75) is 13.5 Å². The number of hydrogen-bond acceptors (Lipinski definition) is 2. The van der Waals surface area contributed by atoms with E-state index in [9.17, 15) is 9.90 Å². The molecular formula is C17H18ClNO2. The zero-order chi connectivity index (χ0) is 15.2. The Morgan fingerprint density at radius 2 is 1.90 bits per heavy atom. The van der Waals surface area contributed by atoms with Crippen molar-refractivity contribution in [1.82, 2.24) is 4.90 Å². The van der Waals surface area contributed by atoms with Crippen LogP contribution in [0, 0.1) is 6.92 Å². The maximum Gasteiger partial charge on any atom is 0.254 e. The number of halogens is 1. The highest BCUT2D eigenvalue weighted by Crippen LogP contribution is 2.17. The predicted octanol–water partition coefficient (Wildman–Crippen LogP) is 3.28. The molecule has 2 aromatic rings. The number of nitrogens with zero attached hydrogens (tertiary/aromatic N) is 1. The van der Waals surface area contributed by atoms with Crippen molar-refractivity contribution in [3.8, 4) is 0 Å². The number of aliphatic hydroxyl groups excluding tert-OH is 1. The molecule has 0 atom stereocenters. The minimum atomic E-state index is -0.126. The van der Waals surface area contributed by atoms with E-state index in [4.69, 9.17) is 11.6 Å². The first kappa shape index (κ1) is 15.5. The summed E-state index contributed by atoms with van der Waals surface area (Å²) in [5.74, 6) is -0.126. The first-order valence-corrected chi connectivity index (χ1v) is 7.19. The topological polar surface area (TPSA) is 40.5 Å². The maximum atomic E-state index is 12.6.